The van der Waals surface area contributed by atoms with Crippen LogP contribution in [0.25, 0.3) is 0 Å². The Morgan fingerprint density at radius 1 is 1.40 bits per heavy atom. The molecule has 0 amide bonds. The number of nitrogens with zero attached hydrogens (tertiary/aromatic N) is 2. The lowest BCUT2D eigenvalue weighted by Crippen LogP contribution is -2.14. The number of hydrogen-bond acceptors (Lipinski definition) is 6. The van der Waals surface area contributed by atoms with Gasteiger partial charge in [0.25, 0.3) is 10.0 Å². The van der Waals surface area contributed by atoms with Crippen molar-refractivity contribution < 1.29 is 8.42 Å². The number of pyridine rings is 1. The minimum absolute atomic E-state index is 0.0297. The Morgan fingerprint density at radius 2 is 2.20 bits per heavy atom. The maximum atomic E-state index is 12.2. The molecular formula is C12H14N4O2S2. The summed E-state index contributed by atoms with van der Waals surface area (Å²) >= 11 is 1.30. The van der Waals surface area contributed by atoms with Crippen LogP contribution < -0.4 is 10.5 Å². The highest BCUT2D eigenvalue weighted by molar-refractivity contribution is 7.92. The van der Waals surface area contributed by atoms with Gasteiger partial charge in [0.05, 0.1) is 5.69 Å². The predicted molar refractivity (Wildman–Crippen MR) is 77.0 cm³/mol. The van der Waals surface area contributed by atoms with Crippen LogP contribution in [0, 0.1) is 0 Å². The molecule has 0 bridgehead atoms. The molecule has 3 N–H and O–H groups in total. The highest BCUT2D eigenvalue weighted by Crippen LogP contribution is 2.41. The highest BCUT2D eigenvalue weighted by Gasteiger charge is 2.27. The number of aromatic nitrogens is 2. The first-order chi connectivity index (χ1) is 9.58. The van der Waals surface area contributed by atoms with Gasteiger partial charge in [-0.25, -0.2) is 9.97 Å². The van der Waals surface area contributed by atoms with Gasteiger partial charge < -0.3 is 5.73 Å². The van der Waals surface area contributed by atoms with Crippen LogP contribution in [0.15, 0.2) is 28.7 Å². The van der Waals surface area contributed by atoms with E-state index in [9.17, 15) is 8.42 Å². The van der Waals surface area contributed by atoms with Crippen molar-refractivity contribution in [3.05, 3.63) is 35.0 Å². The molecule has 0 aliphatic heterocycles. The Labute approximate surface area is 121 Å². The second-order valence-corrected chi connectivity index (χ2v) is 7.15. The van der Waals surface area contributed by atoms with E-state index in [4.69, 9.17) is 5.73 Å². The number of nitrogens with two attached hydrogens (primary N) is 1. The maximum absolute atomic E-state index is 12.2. The van der Waals surface area contributed by atoms with Crippen LogP contribution in [0.5, 0.6) is 0 Å². The van der Waals surface area contributed by atoms with Crippen LogP contribution in [-0.4, -0.2) is 18.4 Å². The summed E-state index contributed by atoms with van der Waals surface area (Å²) in [6, 6.07) is 3.10. The summed E-state index contributed by atoms with van der Waals surface area (Å²) in [4.78, 5) is 8.22. The molecule has 0 aromatic carbocycles. The molecule has 106 valence electrons. The van der Waals surface area contributed by atoms with Crippen molar-refractivity contribution in [3.8, 4) is 0 Å². The molecule has 0 unspecified atom stereocenters. The zero-order chi connectivity index (χ0) is 14.2. The maximum Gasteiger partial charge on any atom is 0.281 e. The zero-order valence-corrected chi connectivity index (χ0v) is 12.2. The largest absolute Gasteiger partial charge is 0.326 e. The molecule has 0 atom stereocenters. The van der Waals surface area contributed by atoms with Gasteiger partial charge in [-0.1, -0.05) is 6.07 Å². The summed E-state index contributed by atoms with van der Waals surface area (Å²) in [6.07, 6.45) is 3.74. The number of sulfonamides is 1. The molecule has 1 aliphatic carbocycles. The second kappa shape index (κ2) is 5.12. The van der Waals surface area contributed by atoms with Crippen molar-refractivity contribution in [2.75, 3.05) is 4.72 Å². The van der Waals surface area contributed by atoms with Gasteiger partial charge in [-0.05, 0) is 24.5 Å². The molecule has 8 heteroatoms. The van der Waals surface area contributed by atoms with Crippen LogP contribution >= 0.6 is 11.3 Å². The smallest absolute Gasteiger partial charge is 0.281 e. The van der Waals surface area contributed by atoms with Gasteiger partial charge in [0.2, 0.25) is 0 Å². The molecule has 0 radical (unpaired) electrons. The van der Waals surface area contributed by atoms with Gasteiger partial charge in [0.15, 0.2) is 10.2 Å². The third kappa shape index (κ3) is 2.82. The Balaban J connectivity index is 1.79. The van der Waals surface area contributed by atoms with Crippen LogP contribution in [0.3, 0.4) is 0 Å². The van der Waals surface area contributed by atoms with Crippen molar-refractivity contribution in [1.82, 2.24) is 9.97 Å². The topological polar surface area (TPSA) is 98.0 Å². The lowest BCUT2D eigenvalue weighted by Gasteiger charge is -2.04. The SMILES string of the molecule is NCc1ccc(S(=O)(=O)Nc2nc(C3CC3)cs2)nc1. The van der Waals surface area contributed by atoms with E-state index in [1.807, 2.05) is 5.38 Å². The number of rotatable bonds is 5. The quantitative estimate of drug-likeness (QED) is 0.875. The number of nitrogens with one attached hydrogen (secondary N) is 1. The Hall–Kier alpha value is -1.51. The summed E-state index contributed by atoms with van der Waals surface area (Å²) in [5.41, 5.74) is 7.21. The average molecular weight is 310 g/mol. The monoisotopic (exact) mass is 310 g/mol. The molecule has 6 nitrogen and oxygen atoms in total. The third-order valence-corrected chi connectivity index (χ3v) is 5.21. The van der Waals surface area contributed by atoms with Crippen LogP contribution in [0.4, 0.5) is 5.13 Å². The Bertz CT molecular complexity index is 705. The molecule has 1 aliphatic rings. The lowest BCUT2D eigenvalue weighted by atomic mass is 10.3. The summed E-state index contributed by atoms with van der Waals surface area (Å²) in [5.74, 6) is 0.506. The minimum Gasteiger partial charge on any atom is -0.326 e. The van der Waals surface area contributed by atoms with Crippen LogP contribution in [-0.2, 0) is 16.6 Å². The fourth-order valence-corrected chi connectivity index (χ4v) is 3.73. The van der Waals surface area contributed by atoms with E-state index >= 15 is 0 Å². The minimum atomic E-state index is -3.68. The van der Waals surface area contributed by atoms with Gasteiger partial charge >= 0.3 is 0 Å². The first-order valence-electron chi connectivity index (χ1n) is 6.22. The molecule has 1 saturated carbocycles. The molecular weight excluding hydrogens is 296 g/mol. The van der Waals surface area contributed by atoms with Crippen molar-refractivity contribution in [3.63, 3.8) is 0 Å². The third-order valence-electron chi connectivity index (χ3n) is 3.05. The summed E-state index contributed by atoms with van der Waals surface area (Å²) < 4.78 is 26.8. The van der Waals surface area contributed by atoms with Crippen molar-refractivity contribution >= 4 is 26.5 Å². The number of hydrogen-bond donors (Lipinski definition) is 2. The van der Waals surface area contributed by atoms with Crippen molar-refractivity contribution in [1.29, 1.82) is 0 Å². The van der Waals surface area contributed by atoms with Gasteiger partial charge in [-0.2, -0.15) is 8.42 Å². The standard InChI is InChI=1S/C12H14N4O2S2/c13-5-8-1-4-11(14-6-8)20(17,18)16-12-15-10(7-19-12)9-2-3-9/h1,4,6-7,9H,2-3,5,13H2,(H,15,16). The lowest BCUT2D eigenvalue weighted by molar-refractivity contribution is 0.597. The average Bonchev–Trinajstić information content (AvgIpc) is 3.20. The van der Waals surface area contributed by atoms with E-state index in [0.29, 0.717) is 17.6 Å². The molecule has 2 aromatic rings. The molecule has 2 aromatic heterocycles. The molecule has 0 spiro atoms. The summed E-state index contributed by atoms with van der Waals surface area (Å²) in [6.45, 7) is 0.331. The van der Waals surface area contributed by atoms with E-state index in [1.165, 1.54) is 23.6 Å². The molecule has 20 heavy (non-hydrogen) atoms. The van der Waals surface area contributed by atoms with E-state index in [1.54, 1.807) is 6.07 Å². The normalized spacial score (nSPS) is 15.2. The first-order valence-corrected chi connectivity index (χ1v) is 8.58. The van der Waals surface area contributed by atoms with E-state index < -0.39 is 10.0 Å². The van der Waals surface area contributed by atoms with Gasteiger partial charge in [0.1, 0.15) is 0 Å². The number of anilines is 1. The Kier molecular flexibility index (Phi) is 3.45. The van der Waals surface area contributed by atoms with Crippen molar-refractivity contribution in [2.45, 2.75) is 30.3 Å². The van der Waals surface area contributed by atoms with Gasteiger partial charge in [0, 0.05) is 24.0 Å². The molecule has 3 rings (SSSR count). The first kappa shape index (κ1) is 13.5. The van der Waals surface area contributed by atoms with E-state index in [-0.39, 0.29) is 5.03 Å². The van der Waals surface area contributed by atoms with Crippen molar-refractivity contribution in [2.24, 2.45) is 5.73 Å². The van der Waals surface area contributed by atoms with Crippen LogP contribution in [0.2, 0.25) is 0 Å². The predicted octanol–water partition coefficient (Wildman–Crippen LogP) is 1.67. The fraction of sp³-hybridized carbons (Fsp3) is 0.333. The summed E-state index contributed by atoms with van der Waals surface area (Å²) in [7, 11) is -3.68. The fourth-order valence-electron chi connectivity index (χ4n) is 1.76. The molecule has 1 fully saturated rings. The van der Waals surface area contributed by atoms with Gasteiger partial charge in [-0.3, -0.25) is 4.72 Å². The molecule has 2 heterocycles. The summed E-state index contributed by atoms with van der Waals surface area (Å²) in [5, 5.41) is 2.26. The number of thiazole rings is 1. The highest BCUT2D eigenvalue weighted by atomic mass is 32.2. The van der Waals surface area contributed by atoms with E-state index in [2.05, 4.69) is 14.7 Å². The second-order valence-electron chi connectivity index (χ2n) is 4.67. The van der Waals surface area contributed by atoms with Gasteiger partial charge in [-0.15, -0.1) is 11.3 Å². The van der Waals surface area contributed by atoms with Crippen LogP contribution in [0.1, 0.15) is 30.0 Å². The van der Waals surface area contributed by atoms with E-state index in [0.717, 1.165) is 24.1 Å². The zero-order valence-electron chi connectivity index (χ0n) is 10.6. The Morgan fingerprint density at radius 3 is 2.80 bits per heavy atom. The molecule has 0 saturated heterocycles.